The topological polar surface area (TPSA) is 70.7 Å². The van der Waals surface area contributed by atoms with Crippen LogP contribution in [0.1, 0.15) is 37.3 Å². The molecule has 1 unspecified atom stereocenters. The molecule has 160 valence electrons. The Morgan fingerprint density at radius 1 is 1.10 bits per heavy atom. The quantitative estimate of drug-likeness (QED) is 0.426. The van der Waals surface area contributed by atoms with Crippen molar-refractivity contribution in [1.29, 1.82) is 0 Å². The third-order valence-corrected chi connectivity index (χ3v) is 5.38. The summed E-state index contributed by atoms with van der Waals surface area (Å²) in [5.41, 5.74) is 3.95. The zero-order chi connectivity index (χ0) is 22.0. The largest absolute Gasteiger partial charge is 0.437 e. The second kappa shape index (κ2) is 8.73. The van der Waals surface area contributed by atoms with E-state index >= 15 is 0 Å². The van der Waals surface area contributed by atoms with Gasteiger partial charge in [-0.1, -0.05) is 25.5 Å². The molecule has 0 saturated heterocycles. The molecule has 0 radical (unpaired) electrons. The first kappa shape index (κ1) is 20.8. The summed E-state index contributed by atoms with van der Waals surface area (Å²) in [6.07, 6.45) is 6.80. The Balaban J connectivity index is 1.65. The van der Waals surface area contributed by atoms with Crippen molar-refractivity contribution >= 4 is 5.52 Å². The summed E-state index contributed by atoms with van der Waals surface area (Å²) in [4.78, 5) is 17.3. The fourth-order valence-corrected chi connectivity index (χ4v) is 3.84. The monoisotopic (exact) mass is 418 g/mol. The molecule has 1 aromatic carbocycles. The molecule has 31 heavy (non-hydrogen) atoms. The van der Waals surface area contributed by atoms with Crippen LogP contribution in [0.3, 0.4) is 0 Å². The van der Waals surface area contributed by atoms with E-state index in [1.807, 2.05) is 67.0 Å². The standard InChI is InChI=1S/C24H26N4O3/c1-5-7-21(30-4)28-24(29)16(2)22(17(3)26-28)18-9-11-19(12-10-18)31-23-20-8-6-14-27(20)15-13-25-23/h6,8-15,21H,5,7H2,1-4H3. The van der Waals surface area contributed by atoms with Gasteiger partial charge in [-0.05, 0) is 50.1 Å². The van der Waals surface area contributed by atoms with Crippen LogP contribution >= 0.6 is 0 Å². The minimum Gasteiger partial charge on any atom is -0.437 e. The first-order chi connectivity index (χ1) is 15.0. The average molecular weight is 418 g/mol. The molecule has 0 aliphatic rings. The van der Waals surface area contributed by atoms with E-state index in [-0.39, 0.29) is 11.8 Å². The molecule has 0 aliphatic carbocycles. The SMILES string of the molecule is CCCC(OC)n1nc(C)c(-c2ccc(Oc3nccn4cccc34)cc2)c(C)c1=O. The highest BCUT2D eigenvalue weighted by molar-refractivity contribution is 5.69. The van der Waals surface area contributed by atoms with Gasteiger partial charge in [0.2, 0.25) is 5.88 Å². The molecule has 0 N–H and O–H groups in total. The lowest BCUT2D eigenvalue weighted by Crippen LogP contribution is -2.31. The van der Waals surface area contributed by atoms with Crippen LogP contribution in [-0.4, -0.2) is 26.3 Å². The molecule has 0 amide bonds. The van der Waals surface area contributed by atoms with E-state index in [4.69, 9.17) is 9.47 Å². The number of ether oxygens (including phenoxy) is 2. The van der Waals surface area contributed by atoms with E-state index in [1.165, 1.54) is 4.68 Å². The molecule has 3 aromatic heterocycles. The third-order valence-electron chi connectivity index (χ3n) is 5.38. The Kier molecular flexibility index (Phi) is 5.86. The Morgan fingerprint density at radius 3 is 2.58 bits per heavy atom. The summed E-state index contributed by atoms with van der Waals surface area (Å²) in [5.74, 6) is 1.21. The van der Waals surface area contributed by atoms with Crippen LogP contribution in [0.25, 0.3) is 16.6 Å². The number of hydrogen-bond donors (Lipinski definition) is 0. The van der Waals surface area contributed by atoms with Crippen LogP contribution in [0.2, 0.25) is 0 Å². The van der Waals surface area contributed by atoms with Crippen LogP contribution in [0.4, 0.5) is 0 Å². The van der Waals surface area contributed by atoms with Crippen molar-refractivity contribution in [3.05, 3.63) is 76.6 Å². The zero-order valence-corrected chi connectivity index (χ0v) is 18.2. The number of rotatable bonds is 7. The second-order valence-corrected chi connectivity index (χ2v) is 7.47. The minimum atomic E-state index is -0.357. The normalized spacial score (nSPS) is 12.3. The molecular formula is C24H26N4O3. The van der Waals surface area contributed by atoms with Gasteiger partial charge >= 0.3 is 0 Å². The average Bonchev–Trinajstić information content (AvgIpc) is 3.26. The van der Waals surface area contributed by atoms with E-state index in [2.05, 4.69) is 17.0 Å². The Labute approximate surface area is 180 Å². The van der Waals surface area contributed by atoms with Gasteiger partial charge in [0.25, 0.3) is 5.56 Å². The summed E-state index contributed by atoms with van der Waals surface area (Å²) in [6, 6.07) is 11.5. The van der Waals surface area contributed by atoms with E-state index in [0.29, 0.717) is 17.2 Å². The molecule has 0 saturated carbocycles. The number of benzene rings is 1. The zero-order valence-electron chi connectivity index (χ0n) is 18.2. The van der Waals surface area contributed by atoms with E-state index in [9.17, 15) is 4.79 Å². The number of hydrogen-bond acceptors (Lipinski definition) is 5. The van der Waals surface area contributed by atoms with Gasteiger partial charge < -0.3 is 13.9 Å². The summed E-state index contributed by atoms with van der Waals surface area (Å²) in [7, 11) is 1.61. The molecule has 4 rings (SSSR count). The third kappa shape index (κ3) is 3.96. The van der Waals surface area contributed by atoms with Crippen molar-refractivity contribution in [2.45, 2.75) is 39.8 Å². The van der Waals surface area contributed by atoms with Crippen LogP contribution in [0.15, 0.2) is 59.8 Å². The second-order valence-electron chi connectivity index (χ2n) is 7.47. The predicted octanol–water partition coefficient (Wildman–Crippen LogP) is 4.91. The lowest BCUT2D eigenvalue weighted by atomic mass is 10.0. The Bertz CT molecular complexity index is 1260. The summed E-state index contributed by atoms with van der Waals surface area (Å²) < 4.78 is 14.9. The first-order valence-corrected chi connectivity index (χ1v) is 10.4. The maximum absolute atomic E-state index is 13.0. The van der Waals surface area contributed by atoms with Gasteiger partial charge in [0, 0.05) is 36.8 Å². The molecule has 0 spiro atoms. The molecule has 4 aromatic rings. The van der Waals surface area contributed by atoms with Gasteiger partial charge in [-0.3, -0.25) is 4.79 Å². The van der Waals surface area contributed by atoms with Gasteiger partial charge in [-0.2, -0.15) is 5.10 Å². The maximum atomic E-state index is 13.0. The number of nitrogens with zero attached hydrogens (tertiary/aromatic N) is 4. The molecule has 1 atom stereocenters. The maximum Gasteiger partial charge on any atom is 0.272 e. The summed E-state index contributed by atoms with van der Waals surface area (Å²) >= 11 is 0. The summed E-state index contributed by atoms with van der Waals surface area (Å²) in [6.45, 7) is 5.81. The lowest BCUT2D eigenvalue weighted by molar-refractivity contribution is 0.0218. The van der Waals surface area contributed by atoms with Crippen LogP contribution < -0.4 is 10.3 Å². The number of methoxy groups -OCH3 is 1. The Morgan fingerprint density at radius 2 is 1.87 bits per heavy atom. The van der Waals surface area contributed by atoms with Crippen molar-refractivity contribution in [3.63, 3.8) is 0 Å². The van der Waals surface area contributed by atoms with E-state index < -0.39 is 0 Å². The fraction of sp³-hybridized carbons (Fsp3) is 0.292. The predicted molar refractivity (Wildman–Crippen MR) is 120 cm³/mol. The van der Waals surface area contributed by atoms with Crippen molar-refractivity contribution < 1.29 is 9.47 Å². The van der Waals surface area contributed by atoms with Crippen molar-refractivity contribution in [2.24, 2.45) is 0 Å². The number of fused-ring (bicyclic) bond motifs is 1. The van der Waals surface area contributed by atoms with E-state index in [1.54, 1.807) is 13.3 Å². The highest BCUT2D eigenvalue weighted by atomic mass is 16.5. The molecule has 0 aliphatic heterocycles. The molecular weight excluding hydrogens is 392 g/mol. The first-order valence-electron chi connectivity index (χ1n) is 10.4. The fourth-order valence-electron chi connectivity index (χ4n) is 3.84. The molecule has 3 heterocycles. The van der Waals surface area contributed by atoms with Gasteiger partial charge in [0.15, 0.2) is 6.23 Å². The van der Waals surface area contributed by atoms with Crippen molar-refractivity contribution in [1.82, 2.24) is 19.2 Å². The van der Waals surface area contributed by atoms with Crippen LogP contribution in [0, 0.1) is 13.8 Å². The van der Waals surface area contributed by atoms with Crippen LogP contribution in [0.5, 0.6) is 11.6 Å². The van der Waals surface area contributed by atoms with Gasteiger partial charge in [-0.15, -0.1) is 0 Å². The highest BCUT2D eigenvalue weighted by Crippen LogP contribution is 2.29. The smallest absolute Gasteiger partial charge is 0.272 e. The summed E-state index contributed by atoms with van der Waals surface area (Å²) in [5, 5.41) is 4.55. The Hall–Kier alpha value is -3.45. The van der Waals surface area contributed by atoms with Crippen molar-refractivity contribution in [3.8, 4) is 22.8 Å². The van der Waals surface area contributed by atoms with Gasteiger partial charge in [0.05, 0.1) is 5.69 Å². The molecule has 7 heteroatoms. The highest BCUT2D eigenvalue weighted by Gasteiger charge is 2.18. The molecule has 0 fully saturated rings. The molecule has 7 nitrogen and oxygen atoms in total. The molecule has 0 bridgehead atoms. The lowest BCUT2D eigenvalue weighted by Gasteiger charge is -2.19. The van der Waals surface area contributed by atoms with Crippen molar-refractivity contribution in [2.75, 3.05) is 7.11 Å². The number of aromatic nitrogens is 4. The minimum absolute atomic E-state index is 0.134. The van der Waals surface area contributed by atoms with Gasteiger partial charge in [0.1, 0.15) is 11.3 Å². The van der Waals surface area contributed by atoms with Crippen LogP contribution in [-0.2, 0) is 4.74 Å². The van der Waals surface area contributed by atoms with Gasteiger partial charge in [-0.25, -0.2) is 9.67 Å². The van der Waals surface area contributed by atoms with E-state index in [0.717, 1.165) is 35.2 Å². The number of aryl methyl sites for hydroxylation is 1.